The number of pyridine rings is 1. The van der Waals surface area contributed by atoms with Crippen LogP contribution < -0.4 is 0 Å². The van der Waals surface area contributed by atoms with Crippen molar-refractivity contribution in [2.75, 3.05) is 13.1 Å². The number of aromatic nitrogens is 1. The Hall–Kier alpha value is -0.600. The molecule has 0 spiro atoms. The molecule has 88 valence electrons. The minimum atomic E-state index is 0.654. The van der Waals surface area contributed by atoms with E-state index in [0.717, 1.165) is 18.0 Å². The van der Waals surface area contributed by atoms with Gasteiger partial charge in [0.1, 0.15) is 5.15 Å². The molecule has 2 rings (SSSR count). The van der Waals surface area contributed by atoms with Crippen molar-refractivity contribution in [1.29, 1.82) is 0 Å². The fourth-order valence-electron chi connectivity index (χ4n) is 2.41. The predicted octanol–water partition coefficient (Wildman–Crippen LogP) is 3.36. The Morgan fingerprint density at radius 2 is 2.44 bits per heavy atom. The maximum absolute atomic E-state index is 6.08. The van der Waals surface area contributed by atoms with Gasteiger partial charge in [0.15, 0.2) is 0 Å². The van der Waals surface area contributed by atoms with Crippen LogP contribution in [-0.2, 0) is 6.54 Å². The Labute approximate surface area is 103 Å². The Morgan fingerprint density at radius 3 is 3.19 bits per heavy atom. The molecular formula is C13H19ClN2. The Kier molecular flexibility index (Phi) is 4.19. The van der Waals surface area contributed by atoms with E-state index in [-0.39, 0.29) is 0 Å². The fraction of sp³-hybridized carbons (Fsp3) is 0.615. The summed E-state index contributed by atoms with van der Waals surface area (Å²) in [5.41, 5.74) is 1.15. The molecule has 1 aliphatic heterocycles. The zero-order valence-electron chi connectivity index (χ0n) is 9.82. The first-order valence-corrected chi connectivity index (χ1v) is 6.49. The molecule has 16 heavy (non-hydrogen) atoms. The van der Waals surface area contributed by atoms with Crippen LogP contribution in [0.25, 0.3) is 0 Å². The van der Waals surface area contributed by atoms with Crippen molar-refractivity contribution >= 4 is 11.6 Å². The summed E-state index contributed by atoms with van der Waals surface area (Å²) in [6, 6.07) is 4.04. The summed E-state index contributed by atoms with van der Waals surface area (Å²) in [7, 11) is 0. The molecule has 2 heterocycles. The lowest BCUT2D eigenvalue weighted by molar-refractivity contribution is 0.164. The van der Waals surface area contributed by atoms with Gasteiger partial charge in [0.05, 0.1) is 0 Å². The van der Waals surface area contributed by atoms with Gasteiger partial charge in [0, 0.05) is 24.8 Å². The van der Waals surface area contributed by atoms with E-state index in [4.69, 9.17) is 11.6 Å². The summed E-state index contributed by atoms with van der Waals surface area (Å²) in [5.74, 6) is 0.865. The van der Waals surface area contributed by atoms with E-state index in [0.29, 0.717) is 5.15 Å². The predicted molar refractivity (Wildman–Crippen MR) is 67.5 cm³/mol. The Bertz CT molecular complexity index is 340. The lowest BCUT2D eigenvalue weighted by atomic mass is 9.95. The van der Waals surface area contributed by atoms with Crippen LogP contribution in [0.4, 0.5) is 0 Å². The molecule has 1 fully saturated rings. The molecule has 0 bridgehead atoms. The highest BCUT2D eigenvalue weighted by molar-refractivity contribution is 6.30. The third-order valence-corrected chi connectivity index (χ3v) is 3.75. The third kappa shape index (κ3) is 2.96. The van der Waals surface area contributed by atoms with E-state index in [2.05, 4.69) is 22.9 Å². The highest BCUT2D eigenvalue weighted by Gasteiger charge is 2.18. The van der Waals surface area contributed by atoms with Gasteiger partial charge in [-0.3, -0.25) is 4.90 Å². The van der Waals surface area contributed by atoms with E-state index >= 15 is 0 Å². The quantitative estimate of drug-likeness (QED) is 0.751. The molecule has 1 aromatic rings. The first-order valence-electron chi connectivity index (χ1n) is 6.11. The van der Waals surface area contributed by atoms with Crippen molar-refractivity contribution in [1.82, 2.24) is 9.88 Å². The summed E-state index contributed by atoms with van der Waals surface area (Å²) < 4.78 is 0. The van der Waals surface area contributed by atoms with Crippen LogP contribution in [0.2, 0.25) is 5.15 Å². The van der Waals surface area contributed by atoms with E-state index < -0.39 is 0 Å². The fourth-order valence-corrected chi connectivity index (χ4v) is 2.59. The van der Waals surface area contributed by atoms with Crippen molar-refractivity contribution in [2.45, 2.75) is 32.7 Å². The second kappa shape index (κ2) is 5.65. The Morgan fingerprint density at radius 1 is 1.56 bits per heavy atom. The maximum atomic E-state index is 6.08. The van der Waals surface area contributed by atoms with E-state index in [1.54, 1.807) is 6.20 Å². The zero-order valence-corrected chi connectivity index (χ0v) is 10.6. The molecule has 3 heteroatoms. The number of halogens is 1. The van der Waals surface area contributed by atoms with Crippen molar-refractivity contribution < 1.29 is 0 Å². The van der Waals surface area contributed by atoms with Crippen LogP contribution in [-0.4, -0.2) is 23.0 Å². The minimum Gasteiger partial charge on any atom is -0.299 e. The van der Waals surface area contributed by atoms with E-state index in [1.165, 1.54) is 32.4 Å². The van der Waals surface area contributed by atoms with Crippen LogP contribution in [0.15, 0.2) is 18.3 Å². The molecule has 0 amide bonds. The number of likely N-dealkylation sites (tertiary alicyclic amines) is 1. The molecular weight excluding hydrogens is 220 g/mol. The Balaban J connectivity index is 1.97. The molecule has 0 radical (unpaired) electrons. The molecule has 0 aliphatic carbocycles. The van der Waals surface area contributed by atoms with Gasteiger partial charge in [0.25, 0.3) is 0 Å². The van der Waals surface area contributed by atoms with E-state index in [9.17, 15) is 0 Å². The molecule has 1 atom stereocenters. The van der Waals surface area contributed by atoms with Gasteiger partial charge in [-0.1, -0.05) is 31.0 Å². The van der Waals surface area contributed by atoms with Crippen LogP contribution in [0, 0.1) is 5.92 Å². The average molecular weight is 239 g/mol. The summed E-state index contributed by atoms with van der Waals surface area (Å²) >= 11 is 6.08. The van der Waals surface area contributed by atoms with Crippen LogP contribution >= 0.6 is 11.6 Å². The summed E-state index contributed by atoms with van der Waals surface area (Å²) in [4.78, 5) is 6.62. The standard InChI is InChI=1S/C13H19ClN2/c1-2-11-5-4-8-16(9-11)10-12-6-3-7-15-13(12)14/h3,6-7,11H,2,4-5,8-10H2,1H3. The second-order valence-corrected chi connectivity index (χ2v) is 4.96. The van der Waals surface area contributed by atoms with Crippen molar-refractivity contribution in [3.63, 3.8) is 0 Å². The monoisotopic (exact) mass is 238 g/mol. The third-order valence-electron chi connectivity index (χ3n) is 3.41. The molecule has 2 nitrogen and oxygen atoms in total. The number of hydrogen-bond donors (Lipinski definition) is 0. The topological polar surface area (TPSA) is 16.1 Å². The zero-order chi connectivity index (χ0) is 11.4. The van der Waals surface area contributed by atoms with Gasteiger partial charge in [-0.2, -0.15) is 0 Å². The van der Waals surface area contributed by atoms with Gasteiger partial charge in [-0.15, -0.1) is 0 Å². The molecule has 1 aromatic heterocycles. The highest BCUT2D eigenvalue weighted by atomic mass is 35.5. The second-order valence-electron chi connectivity index (χ2n) is 4.60. The van der Waals surface area contributed by atoms with Gasteiger partial charge in [-0.25, -0.2) is 4.98 Å². The van der Waals surface area contributed by atoms with Gasteiger partial charge < -0.3 is 0 Å². The van der Waals surface area contributed by atoms with Crippen LogP contribution in [0.5, 0.6) is 0 Å². The van der Waals surface area contributed by atoms with E-state index in [1.807, 2.05) is 6.07 Å². The number of piperidine rings is 1. The average Bonchev–Trinajstić information content (AvgIpc) is 2.32. The highest BCUT2D eigenvalue weighted by Crippen LogP contribution is 2.22. The summed E-state index contributed by atoms with van der Waals surface area (Å²) in [6.45, 7) is 5.64. The van der Waals surface area contributed by atoms with Crippen LogP contribution in [0.1, 0.15) is 31.7 Å². The first-order chi connectivity index (χ1) is 7.79. The van der Waals surface area contributed by atoms with Gasteiger partial charge >= 0.3 is 0 Å². The maximum Gasteiger partial charge on any atom is 0.133 e. The number of nitrogens with zero attached hydrogens (tertiary/aromatic N) is 2. The molecule has 0 aromatic carbocycles. The summed E-state index contributed by atoms with van der Waals surface area (Å²) in [6.07, 6.45) is 5.73. The minimum absolute atomic E-state index is 0.654. The molecule has 1 aliphatic rings. The molecule has 1 unspecified atom stereocenters. The first kappa shape index (κ1) is 11.9. The van der Waals surface area contributed by atoms with Gasteiger partial charge in [-0.05, 0) is 31.4 Å². The molecule has 0 saturated carbocycles. The van der Waals surface area contributed by atoms with Crippen LogP contribution in [0.3, 0.4) is 0 Å². The molecule has 0 N–H and O–H groups in total. The van der Waals surface area contributed by atoms with Crippen molar-refractivity contribution in [2.24, 2.45) is 5.92 Å². The normalized spacial score (nSPS) is 22.2. The SMILES string of the molecule is CCC1CCCN(Cc2cccnc2Cl)C1. The summed E-state index contributed by atoms with van der Waals surface area (Å²) in [5, 5.41) is 0.654. The van der Waals surface area contributed by atoms with Crippen molar-refractivity contribution in [3.8, 4) is 0 Å². The van der Waals surface area contributed by atoms with Gasteiger partial charge in [0.2, 0.25) is 0 Å². The van der Waals surface area contributed by atoms with Crippen molar-refractivity contribution in [3.05, 3.63) is 29.0 Å². The number of rotatable bonds is 3. The lowest BCUT2D eigenvalue weighted by Gasteiger charge is -2.32. The number of hydrogen-bond acceptors (Lipinski definition) is 2. The smallest absolute Gasteiger partial charge is 0.133 e. The lowest BCUT2D eigenvalue weighted by Crippen LogP contribution is -2.34. The molecule has 1 saturated heterocycles. The largest absolute Gasteiger partial charge is 0.299 e.